The van der Waals surface area contributed by atoms with Gasteiger partial charge in [-0.1, -0.05) is 25.7 Å². The van der Waals surface area contributed by atoms with E-state index in [2.05, 4.69) is 0 Å². The number of rotatable bonds is 4. The third kappa shape index (κ3) is 3.46. The highest BCUT2D eigenvalue weighted by atomic mass is 16.5. The van der Waals surface area contributed by atoms with Gasteiger partial charge in [0.05, 0.1) is 6.10 Å². The van der Waals surface area contributed by atoms with E-state index in [1.807, 2.05) is 0 Å². The zero-order valence-electron chi connectivity index (χ0n) is 9.79. The second-order valence-electron chi connectivity index (χ2n) is 5.27. The van der Waals surface area contributed by atoms with Crippen molar-refractivity contribution < 1.29 is 4.74 Å². The standard InChI is InChI=1S/C13H25NO/c14-13-8-4-5-11(13)9-10-15-12-6-2-1-3-7-12/h11-13H,1-10,14H2. The maximum absolute atomic E-state index is 6.04. The number of hydrogen-bond donors (Lipinski definition) is 1. The molecule has 0 aromatic heterocycles. The summed E-state index contributed by atoms with van der Waals surface area (Å²) in [5.41, 5.74) is 6.04. The van der Waals surface area contributed by atoms with E-state index < -0.39 is 0 Å². The lowest BCUT2D eigenvalue weighted by Crippen LogP contribution is -2.26. The Morgan fingerprint density at radius 3 is 2.40 bits per heavy atom. The van der Waals surface area contributed by atoms with Gasteiger partial charge in [-0.25, -0.2) is 0 Å². The molecule has 2 saturated carbocycles. The van der Waals surface area contributed by atoms with E-state index in [0.717, 1.165) is 12.5 Å². The average Bonchev–Trinajstić information content (AvgIpc) is 2.66. The minimum Gasteiger partial charge on any atom is -0.378 e. The van der Waals surface area contributed by atoms with E-state index in [4.69, 9.17) is 10.5 Å². The van der Waals surface area contributed by atoms with Crippen LogP contribution in [0.25, 0.3) is 0 Å². The molecule has 0 amide bonds. The van der Waals surface area contributed by atoms with Crippen molar-refractivity contribution in [1.82, 2.24) is 0 Å². The fraction of sp³-hybridized carbons (Fsp3) is 1.00. The molecule has 2 heteroatoms. The maximum atomic E-state index is 6.04. The molecule has 2 aliphatic carbocycles. The minimum atomic E-state index is 0.458. The van der Waals surface area contributed by atoms with Crippen molar-refractivity contribution in [2.45, 2.75) is 69.9 Å². The maximum Gasteiger partial charge on any atom is 0.0575 e. The van der Waals surface area contributed by atoms with Gasteiger partial charge in [-0.3, -0.25) is 0 Å². The summed E-state index contributed by atoms with van der Waals surface area (Å²) in [7, 11) is 0. The SMILES string of the molecule is NC1CCCC1CCOC1CCCCC1. The van der Waals surface area contributed by atoms with Crippen LogP contribution in [0.1, 0.15) is 57.8 Å². The van der Waals surface area contributed by atoms with E-state index in [1.165, 1.54) is 57.8 Å². The Hall–Kier alpha value is -0.0800. The monoisotopic (exact) mass is 211 g/mol. The summed E-state index contributed by atoms with van der Waals surface area (Å²) >= 11 is 0. The van der Waals surface area contributed by atoms with Crippen molar-refractivity contribution >= 4 is 0 Å². The molecular weight excluding hydrogens is 186 g/mol. The van der Waals surface area contributed by atoms with E-state index in [-0.39, 0.29) is 0 Å². The lowest BCUT2D eigenvalue weighted by molar-refractivity contribution is 0.0208. The van der Waals surface area contributed by atoms with Gasteiger partial charge in [0.1, 0.15) is 0 Å². The Kier molecular flexibility index (Phi) is 4.45. The van der Waals surface area contributed by atoms with Crippen molar-refractivity contribution in [3.8, 4) is 0 Å². The Morgan fingerprint density at radius 2 is 1.73 bits per heavy atom. The van der Waals surface area contributed by atoms with Crippen molar-refractivity contribution in [1.29, 1.82) is 0 Å². The highest BCUT2D eigenvalue weighted by Gasteiger charge is 2.23. The van der Waals surface area contributed by atoms with Gasteiger partial charge in [0.25, 0.3) is 0 Å². The molecule has 0 aliphatic heterocycles. The first-order valence-electron chi connectivity index (χ1n) is 6.73. The first kappa shape index (κ1) is 11.4. The molecule has 0 heterocycles. The molecule has 15 heavy (non-hydrogen) atoms. The van der Waals surface area contributed by atoms with Crippen LogP contribution in [0.4, 0.5) is 0 Å². The zero-order chi connectivity index (χ0) is 10.5. The molecule has 0 bridgehead atoms. The molecule has 88 valence electrons. The smallest absolute Gasteiger partial charge is 0.0575 e. The highest BCUT2D eigenvalue weighted by molar-refractivity contribution is 4.80. The zero-order valence-corrected chi connectivity index (χ0v) is 9.79. The largest absolute Gasteiger partial charge is 0.378 e. The number of nitrogens with two attached hydrogens (primary N) is 1. The van der Waals surface area contributed by atoms with Crippen molar-refractivity contribution in [2.24, 2.45) is 11.7 Å². The molecule has 0 aromatic carbocycles. The molecule has 2 unspecified atom stereocenters. The van der Waals surface area contributed by atoms with Crippen LogP contribution in [0, 0.1) is 5.92 Å². The second-order valence-corrected chi connectivity index (χ2v) is 5.27. The molecule has 0 saturated heterocycles. The quantitative estimate of drug-likeness (QED) is 0.776. The molecule has 0 spiro atoms. The lowest BCUT2D eigenvalue weighted by atomic mass is 9.97. The Morgan fingerprint density at radius 1 is 0.933 bits per heavy atom. The summed E-state index contributed by atoms with van der Waals surface area (Å²) in [6.45, 7) is 0.947. The molecule has 2 nitrogen and oxygen atoms in total. The van der Waals surface area contributed by atoms with Crippen LogP contribution in [-0.4, -0.2) is 18.8 Å². The first-order chi connectivity index (χ1) is 7.36. The van der Waals surface area contributed by atoms with Crippen LogP contribution < -0.4 is 5.73 Å². The summed E-state index contributed by atoms with van der Waals surface area (Å²) in [4.78, 5) is 0. The summed E-state index contributed by atoms with van der Waals surface area (Å²) in [5.74, 6) is 0.744. The van der Waals surface area contributed by atoms with Gasteiger partial charge in [0.15, 0.2) is 0 Å². The third-order valence-electron chi connectivity index (χ3n) is 4.11. The minimum absolute atomic E-state index is 0.458. The lowest BCUT2D eigenvalue weighted by Gasteiger charge is -2.23. The van der Waals surface area contributed by atoms with E-state index in [9.17, 15) is 0 Å². The molecule has 2 N–H and O–H groups in total. The van der Waals surface area contributed by atoms with Gasteiger partial charge in [-0.2, -0.15) is 0 Å². The van der Waals surface area contributed by atoms with Crippen molar-refractivity contribution in [3.63, 3.8) is 0 Å². The van der Waals surface area contributed by atoms with Crippen LogP contribution in [0.2, 0.25) is 0 Å². The average molecular weight is 211 g/mol. The molecule has 2 rings (SSSR count). The number of hydrogen-bond acceptors (Lipinski definition) is 2. The molecule has 0 radical (unpaired) electrons. The van der Waals surface area contributed by atoms with Crippen LogP contribution in [0.3, 0.4) is 0 Å². The highest BCUT2D eigenvalue weighted by Crippen LogP contribution is 2.27. The van der Waals surface area contributed by atoms with Gasteiger partial charge in [0.2, 0.25) is 0 Å². The predicted octanol–water partition coefficient (Wildman–Crippen LogP) is 2.85. The second kappa shape index (κ2) is 5.86. The third-order valence-corrected chi connectivity index (χ3v) is 4.11. The molecular formula is C13H25NO. The Labute approximate surface area is 93.6 Å². The predicted molar refractivity (Wildman–Crippen MR) is 62.8 cm³/mol. The Bertz CT molecular complexity index is 177. The van der Waals surface area contributed by atoms with Crippen LogP contribution in [-0.2, 0) is 4.74 Å². The van der Waals surface area contributed by atoms with E-state index in [1.54, 1.807) is 0 Å². The molecule has 0 aromatic rings. The van der Waals surface area contributed by atoms with Crippen LogP contribution in [0.15, 0.2) is 0 Å². The molecule has 2 atom stereocenters. The fourth-order valence-corrected chi connectivity index (χ4v) is 3.04. The summed E-state index contributed by atoms with van der Waals surface area (Å²) < 4.78 is 5.94. The summed E-state index contributed by atoms with van der Waals surface area (Å²) in [6.07, 6.45) is 12.4. The van der Waals surface area contributed by atoms with E-state index in [0.29, 0.717) is 12.1 Å². The summed E-state index contributed by atoms with van der Waals surface area (Å²) in [6, 6.07) is 0.458. The first-order valence-corrected chi connectivity index (χ1v) is 6.73. The molecule has 2 fully saturated rings. The van der Waals surface area contributed by atoms with Crippen LogP contribution >= 0.6 is 0 Å². The van der Waals surface area contributed by atoms with Gasteiger partial charge in [-0.15, -0.1) is 0 Å². The van der Waals surface area contributed by atoms with Crippen molar-refractivity contribution in [2.75, 3.05) is 6.61 Å². The fourth-order valence-electron chi connectivity index (χ4n) is 3.04. The van der Waals surface area contributed by atoms with Crippen molar-refractivity contribution in [3.05, 3.63) is 0 Å². The van der Waals surface area contributed by atoms with Gasteiger partial charge in [-0.05, 0) is 38.0 Å². The van der Waals surface area contributed by atoms with Gasteiger partial charge >= 0.3 is 0 Å². The topological polar surface area (TPSA) is 35.2 Å². The molecule has 2 aliphatic rings. The van der Waals surface area contributed by atoms with Gasteiger partial charge < -0.3 is 10.5 Å². The van der Waals surface area contributed by atoms with E-state index >= 15 is 0 Å². The normalized spacial score (nSPS) is 33.4. The number of ether oxygens (including phenoxy) is 1. The van der Waals surface area contributed by atoms with Gasteiger partial charge in [0, 0.05) is 12.6 Å². The Balaban J connectivity index is 1.57. The summed E-state index contributed by atoms with van der Waals surface area (Å²) in [5, 5.41) is 0. The van der Waals surface area contributed by atoms with Crippen LogP contribution in [0.5, 0.6) is 0 Å².